The molecule has 3 aromatic rings. The monoisotopic (exact) mass is 419 g/mol. The van der Waals surface area contributed by atoms with Crippen molar-refractivity contribution >= 4 is 23.0 Å². The molecule has 5 rings (SSSR count). The molecule has 0 bridgehead atoms. The molecular weight excluding hydrogens is 398 g/mol. The highest BCUT2D eigenvalue weighted by atomic mass is 16.6. The molecule has 3 heterocycles. The number of nitrogens with zero attached hydrogens (tertiary/aromatic N) is 4. The van der Waals surface area contributed by atoms with Crippen LogP contribution in [0.2, 0.25) is 0 Å². The smallest absolute Gasteiger partial charge is 0.296 e. The lowest BCUT2D eigenvalue weighted by molar-refractivity contribution is -0.384. The van der Waals surface area contributed by atoms with Crippen LogP contribution in [0.4, 0.5) is 17.1 Å². The number of nitro groups is 1. The Balaban J connectivity index is 1.38. The Bertz CT molecular complexity index is 1160. The van der Waals surface area contributed by atoms with E-state index in [0.717, 1.165) is 25.1 Å². The predicted molar refractivity (Wildman–Crippen MR) is 114 cm³/mol. The molecule has 0 aliphatic carbocycles. The van der Waals surface area contributed by atoms with E-state index in [9.17, 15) is 14.9 Å². The number of fused-ring (bicyclic) bond motifs is 2. The molecule has 9 heteroatoms. The number of hydrogen-bond acceptors (Lipinski definition) is 6. The van der Waals surface area contributed by atoms with Gasteiger partial charge in [-0.1, -0.05) is 30.3 Å². The van der Waals surface area contributed by atoms with Crippen LogP contribution < -0.4 is 15.0 Å². The number of amides is 1. The van der Waals surface area contributed by atoms with Crippen LogP contribution in [0.25, 0.3) is 0 Å². The van der Waals surface area contributed by atoms with Crippen LogP contribution in [-0.4, -0.2) is 33.5 Å². The summed E-state index contributed by atoms with van der Waals surface area (Å²) in [5.41, 5.74) is 4.24. The van der Waals surface area contributed by atoms with Gasteiger partial charge in [0, 0.05) is 25.2 Å². The number of imidazole rings is 1. The number of aryl methyl sites for hydroxylation is 2. The Labute approximate surface area is 178 Å². The highest BCUT2D eigenvalue weighted by Gasteiger charge is 2.29. The minimum Gasteiger partial charge on any atom is -0.481 e. The first-order chi connectivity index (χ1) is 15.1. The van der Waals surface area contributed by atoms with Gasteiger partial charge >= 0.3 is 0 Å². The van der Waals surface area contributed by atoms with Crippen molar-refractivity contribution in [3.8, 4) is 5.75 Å². The number of carbonyl (C=O) groups is 1. The van der Waals surface area contributed by atoms with Crippen LogP contribution in [0, 0.1) is 10.1 Å². The second kappa shape index (κ2) is 7.75. The standard InChI is InChI=1S/C22H21N5O4/c28-22-13-31-21-11-20(27(29)30)19(10-16(21)24-22)25-9-7-18-17(12-25)23-14-26(18)8-6-15-4-2-1-3-5-15/h1-5,10-11,14H,6-9,12-13H2,(H,24,28). The maximum Gasteiger partial charge on any atom is 0.296 e. The fraction of sp³-hybridized carbons (Fsp3) is 0.273. The van der Waals surface area contributed by atoms with Gasteiger partial charge in [0.25, 0.3) is 11.6 Å². The van der Waals surface area contributed by atoms with E-state index < -0.39 is 4.92 Å². The van der Waals surface area contributed by atoms with Crippen molar-refractivity contribution in [3.63, 3.8) is 0 Å². The van der Waals surface area contributed by atoms with Crippen molar-refractivity contribution < 1.29 is 14.5 Å². The molecule has 31 heavy (non-hydrogen) atoms. The third-order valence-electron chi connectivity index (χ3n) is 5.72. The summed E-state index contributed by atoms with van der Waals surface area (Å²) in [7, 11) is 0. The molecule has 1 aromatic heterocycles. The Morgan fingerprint density at radius 3 is 2.87 bits per heavy atom. The molecule has 158 valence electrons. The summed E-state index contributed by atoms with van der Waals surface area (Å²) in [6, 6.07) is 13.3. The SMILES string of the molecule is O=C1COc2cc([N+](=O)[O-])c(N3CCc4c(ncn4CCc4ccccc4)C3)cc2N1. The van der Waals surface area contributed by atoms with E-state index in [0.29, 0.717) is 30.2 Å². The number of benzene rings is 2. The van der Waals surface area contributed by atoms with E-state index in [1.807, 2.05) is 29.4 Å². The van der Waals surface area contributed by atoms with Crippen molar-refractivity contribution in [2.45, 2.75) is 25.9 Å². The third-order valence-corrected chi connectivity index (χ3v) is 5.72. The minimum absolute atomic E-state index is 0.0399. The molecule has 0 fully saturated rings. The van der Waals surface area contributed by atoms with E-state index in [4.69, 9.17) is 4.74 Å². The first-order valence-electron chi connectivity index (χ1n) is 10.2. The molecule has 1 amide bonds. The van der Waals surface area contributed by atoms with Crippen molar-refractivity contribution in [2.75, 3.05) is 23.4 Å². The maximum atomic E-state index is 11.7. The highest BCUT2D eigenvalue weighted by molar-refractivity contribution is 5.97. The topological polar surface area (TPSA) is 103 Å². The van der Waals surface area contributed by atoms with E-state index >= 15 is 0 Å². The van der Waals surface area contributed by atoms with Crippen molar-refractivity contribution in [2.24, 2.45) is 0 Å². The van der Waals surface area contributed by atoms with Crippen LogP contribution in [0.15, 0.2) is 48.8 Å². The summed E-state index contributed by atoms with van der Waals surface area (Å²) < 4.78 is 7.52. The van der Waals surface area contributed by atoms with Gasteiger partial charge in [-0.05, 0) is 18.1 Å². The molecule has 2 aliphatic rings. The molecule has 1 N–H and O–H groups in total. The number of nitrogens with one attached hydrogen (secondary N) is 1. The summed E-state index contributed by atoms with van der Waals surface area (Å²) in [6.07, 6.45) is 3.51. The molecular formula is C22H21N5O4. The fourth-order valence-electron chi connectivity index (χ4n) is 4.17. The quantitative estimate of drug-likeness (QED) is 0.504. The van der Waals surface area contributed by atoms with Crippen molar-refractivity contribution in [1.82, 2.24) is 9.55 Å². The lowest BCUT2D eigenvalue weighted by atomic mass is 10.1. The molecule has 2 aliphatic heterocycles. The number of aromatic nitrogens is 2. The van der Waals surface area contributed by atoms with Gasteiger partial charge in [0.2, 0.25) is 0 Å². The van der Waals surface area contributed by atoms with Crippen LogP contribution in [0.5, 0.6) is 5.75 Å². The van der Waals surface area contributed by atoms with Crippen molar-refractivity contribution in [1.29, 1.82) is 0 Å². The first kappa shape index (κ1) is 19.1. The number of nitro benzene ring substituents is 1. The molecule has 0 saturated carbocycles. The zero-order valence-electron chi connectivity index (χ0n) is 16.8. The Morgan fingerprint density at radius 1 is 1.23 bits per heavy atom. The average Bonchev–Trinajstić information content (AvgIpc) is 3.19. The normalized spacial score (nSPS) is 15.0. The molecule has 0 spiro atoms. The number of anilines is 2. The second-order valence-electron chi connectivity index (χ2n) is 7.67. The van der Waals surface area contributed by atoms with Gasteiger partial charge in [-0.15, -0.1) is 0 Å². The number of rotatable bonds is 5. The number of hydrogen-bond donors (Lipinski definition) is 1. The van der Waals surface area contributed by atoms with Gasteiger partial charge in [0.1, 0.15) is 5.69 Å². The summed E-state index contributed by atoms with van der Waals surface area (Å²) in [5.74, 6) is 0.0448. The molecule has 0 atom stereocenters. The molecule has 0 radical (unpaired) electrons. The zero-order valence-corrected chi connectivity index (χ0v) is 16.8. The van der Waals surface area contributed by atoms with Crippen molar-refractivity contribution in [3.05, 3.63) is 75.9 Å². The Kier molecular flexibility index (Phi) is 4.78. The summed E-state index contributed by atoms with van der Waals surface area (Å²) in [6.45, 7) is 1.80. The van der Waals surface area contributed by atoms with E-state index in [-0.39, 0.29) is 18.2 Å². The lowest BCUT2D eigenvalue weighted by Crippen LogP contribution is -2.32. The molecule has 2 aromatic carbocycles. The average molecular weight is 419 g/mol. The second-order valence-corrected chi connectivity index (χ2v) is 7.67. The minimum atomic E-state index is -0.413. The Morgan fingerprint density at radius 2 is 2.06 bits per heavy atom. The van der Waals surface area contributed by atoms with Gasteiger partial charge in [0.05, 0.1) is 35.2 Å². The van der Waals surface area contributed by atoms with E-state index in [1.54, 1.807) is 6.07 Å². The fourth-order valence-corrected chi connectivity index (χ4v) is 4.17. The van der Waals surface area contributed by atoms with Crippen LogP contribution >= 0.6 is 0 Å². The predicted octanol–water partition coefficient (Wildman–Crippen LogP) is 2.93. The van der Waals surface area contributed by atoms with Gasteiger partial charge in [-0.25, -0.2) is 4.98 Å². The number of ether oxygens (including phenoxy) is 1. The Hall–Kier alpha value is -3.88. The summed E-state index contributed by atoms with van der Waals surface area (Å²) in [5, 5.41) is 14.4. The zero-order chi connectivity index (χ0) is 21.4. The largest absolute Gasteiger partial charge is 0.481 e. The van der Waals surface area contributed by atoms with Crippen LogP contribution in [0.1, 0.15) is 17.0 Å². The van der Waals surface area contributed by atoms with Gasteiger partial charge in [-0.2, -0.15) is 0 Å². The summed E-state index contributed by atoms with van der Waals surface area (Å²) >= 11 is 0. The molecule has 0 saturated heterocycles. The van der Waals surface area contributed by atoms with Crippen LogP contribution in [-0.2, 0) is 30.7 Å². The highest BCUT2D eigenvalue weighted by Crippen LogP contribution is 2.41. The van der Waals surface area contributed by atoms with E-state index in [2.05, 4.69) is 27.0 Å². The first-order valence-corrected chi connectivity index (χ1v) is 10.2. The maximum absolute atomic E-state index is 11.7. The van der Waals surface area contributed by atoms with Gasteiger partial charge in [0.15, 0.2) is 12.4 Å². The molecule has 0 unspecified atom stereocenters. The lowest BCUT2D eigenvalue weighted by Gasteiger charge is -2.30. The third kappa shape index (κ3) is 3.70. The number of carbonyl (C=O) groups excluding carboxylic acids is 1. The molecule has 9 nitrogen and oxygen atoms in total. The van der Waals surface area contributed by atoms with Gasteiger partial charge < -0.3 is 19.5 Å². The van der Waals surface area contributed by atoms with Gasteiger partial charge in [-0.3, -0.25) is 14.9 Å². The summed E-state index contributed by atoms with van der Waals surface area (Å²) in [4.78, 5) is 29.5. The van der Waals surface area contributed by atoms with Crippen LogP contribution in [0.3, 0.4) is 0 Å². The van der Waals surface area contributed by atoms with E-state index in [1.165, 1.54) is 17.3 Å².